The zero-order chi connectivity index (χ0) is 15.9. The van der Waals surface area contributed by atoms with Gasteiger partial charge < -0.3 is 15.4 Å². The van der Waals surface area contributed by atoms with Crippen LogP contribution in [0.4, 0.5) is 0 Å². The van der Waals surface area contributed by atoms with E-state index in [4.69, 9.17) is 14.0 Å². The number of carbonyl (C=O) groups excluding carboxylic acids is 1. The summed E-state index contributed by atoms with van der Waals surface area (Å²) in [5.74, 6) is 0.986. The normalized spacial score (nSPS) is 11.3. The maximum absolute atomic E-state index is 11.3. The number of aldehydes is 1. The van der Waals surface area contributed by atoms with Gasteiger partial charge in [0.1, 0.15) is 11.5 Å². The van der Waals surface area contributed by atoms with Gasteiger partial charge in [-0.05, 0) is 19.1 Å². The summed E-state index contributed by atoms with van der Waals surface area (Å²) in [5, 5.41) is 2.05. The quantitative estimate of drug-likeness (QED) is 0.409. The Kier molecular flexibility index (Phi) is 8.37. The summed E-state index contributed by atoms with van der Waals surface area (Å²) < 4.78 is 16.6. The summed E-state index contributed by atoms with van der Waals surface area (Å²) in [6.45, 7) is 2.56. The van der Waals surface area contributed by atoms with Crippen LogP contribution in [0.1, 0.15) is 18.7 Å². The molecule has 0 aliphatic rings. The molecule has 6 heteroatoms. The van der Waals surface area contributed by atoms with Gasteiger partial charge in [0, 0.05) is 17.2 Å². The van der Waals surface area contributed by atoms with Crippen LogP contribution in [0.5, 0.6) is 11.5 Å². The average Bonchev–Trinajstić information content (AvgIpc) is 2.59. The van der Waals surface area contributed by atoms with E-state index in [0.29, 0.717) is 23.7 Å². The van der Waals surface area contributed by atoms with Crippen molar-refractivity contribution >= 4 is 25.0 Å². The Hall–Kier alpha value is -1.30. The van der Waals surface area contributed by atoms with Crippen LogP contribution in [0, 0.1) is 0 Å². The van der Waals surface area contributed by atoms with Gasteiger partial charge >= 0.3 is 18.9 Å². The molecule has 0 spiro atoms. The van der Waals surface area contributed by atoms with Gasteiger partial charge in [-0.25, -0.2) is 0 Å². The summed E-state index contributed by atoms with van der Waals surface area (Å²) in [7, 11) is 2.09. The van der Waals surface area contributed by atoms with Crippen LogP contribution >= 0.6 is 8.15 Å². The number of ether oxygens (including phenoxy) is 2. The standard InChI is InChI=1S/C17H19O4P.Li.H/c1-4-21-22(13-8-6-5-7-9-13)14-10-16(19-2)15(12-18)17(11-14)20-3;;/h5-12H,4H2,1-3H3;;/q;+1;-1. The van der Waals surface area contributed by atoms with E-state index in [1.54, 1.807) is 0 Å². The Morgan fingerprint density at radius 2 is 1.61 bits per heavy atom. The van der Waals surface area contributed by atoms with E-state index in [2.05, 4.69) is 0 Å². The van der Waals surface area contributed by atoms with Gasteiger partial charge in [-0.2, -0.15) is 0 Å². The van der Waals surface area contributed by atoms with Gasteiger partial charge in [0.2, 0.25) is 0 Å². The van der Waals surface area contributed by atoms with Crippen molar-refractivity contribution in [2.45, 2.75) is 6.92 Å². The number of rotatable bonds is 7. The summed E-state index contributed by atoms with van der Waals surface area (Å²) in [5.41, 5.74) is 0.410. The summed E-state index contributed by atoms with van der Waals surface area (Å²) in [6, 6.07) is 13.7. The van der Waals surface area contributed by atoms with Crippen molar-refractivity contribution in [1.29, 1.82) is 0 Å². The molecule has 0 aliphatic carbocycles. The first-order valence-corrected chi connectivity index (χ1v) is 8.20. The molecule has 23 heavy (non-hydrogen) atoms. The average molecular weight is 326 g/mol. The second kappa shape index (κ2) is 9.75. The van der Waals surface area contributed by atoms with Gasteiger partial charge in [0.25, 0.3) is 0 Å². The molecule has 2 aromatic carbocycles. The molecule has 0 N–H and O–H groups in total. The van der Waals surface area contributed by atoms with Crippen molar-refractivity contribution in [2.24, 2.45) is 0 Å². The largest absolute Gasteiger partial charge is 1.00 e. The maximum atomic E-state index is 11.3. The molecule has 1 unspecified atom stereocenters. The Labute approximate surface area is 151 Å². The minimum atomic E-state index is -0.988. The van der Waals surface area contributed by atoms with Crippen molar-refractivity contribution in [3.05, 3.63) is 48.0 Å². The molecule has 0 saturated carbocycles. The van der Waals surface area contributed by atoms with Crippen LogP contribution in [0.3, 0.4) is 0 Å². The molecule has 0 radical (unpaired) electrons. The topological polar surface area (TPSA) is 44.8 Å². The minimum absolute atomic E-state index is 0. The molecule has 118 valence electrons. The molecule has 0 saturated heterocycles. The number of benzene rings is 2. The maximum Gasteiger partial charge on any atom is 1.00 e. The van der Waals surface area contributed by atoms with E-state index >= 15 is 0 Å². The molecular weight excluding hydrogens is 306 g/mol. The van der Waals surface area contributed by atoms with Gasteiger partial charge in [-0.1, -0.05) is 30.3 Å². The van der Waals surface area contributed by atoms with Gasteiger partial charge in [0.05, 0.1) is 27.9 Å². The molecule has 0 bridgehead atoms. The second-order valence-corrected chi connectivity index (χ2v) is 6.31. The fourth-order valence-corrected chi connectivity index (χ4v) is 3.92. The van der Waals surface area contributed by atoms with Crippen molar-refractivity contribution < 1.29 is 39.1 Å². The zero-order valence-corrected chi connectivity index (χ0v) is 14.8. The first-order valence-electron chi connectivity index (χ1n) is 6.94. The summed E-state index contributed by atoms with van der Waals surface area (Å²) >= 11 is 0. The molecule has 0 aromatic heterocycles. The summed E-state index contributed by atoms with van der Waals surface area (Å²) in [6.07, 6.45) is 0.743. The summed E-state index contributed by atoms with van der Waals surface area (Å²) in [4.78, 5) is 11.3. The molecule has 2 aromatic rings. The molecular formula is C17H20LiO4P. The third kappa shape index (κ3) is 4.59. The third-order valence-electron chi connectivity index (χ3n) is 3.13. The van der Waals surface area contributed by atoms with E-state index in [0.717, 1.165) is 16.9 Å². The predicted octanol–water partition coefficient (Wildman–Crippen LogP) is 0.0170. The monoisotopic (exact) mass is 326 g/mol. The Morgan fingerprint density at radius 1 is 1.04 bits per heavy atom. The first-order chi connectivity index (χ1) is 10.7. The molecule has 0 amide bonds. The zero-order valence-electron chi connectivity index (χ0n) is 14.9. The van der Waals surface area contributed by atoms with E-state index in [1.807, 2.05) is 49.4 Å². The van der Waals surface area contributed by atoms with Crippen LogP contribution in [-0.4, -0.2) is 27.1 Å². The molecule has 2 rings (SSSR count). The predicted molar refractivity (Wildman–Crippen MR) is 90.3 cm³/mol. The Morgan fingerprint density at radius 3 is 2.04 bits per heavy atom. The van der Waals surface area contributed by atoms with Crippen LogP contribution in [0.15, 0.2) is 42.5 Å². The molecule has 4 nitrogen and oxygen atoms in total. The first kappa shape index (κ1) is 19.7. The van der Waals surface area contributed by atoms with E-state index in [1.165, 1.54) is 14.2 Å². The van der Waals surface area contributed by atoms with E-state index in [9.17, 15) is 4.79 Å². The minimum Gasteiger partial charge on any atom is -1.00 e. The Bertz CT molecular complexity index is 615. The second-order valence-electron chi connectivity index (χ2n) is 4.43. The molecule has 0 heterocycles. The molecule has 1 atom stereocenters. The van der Waals surface area contributed by atoms with Gasteiger partial charge in [-0.3, -0.25) is 4.79 Å². The van der Waals surface area contributed by atoms with Crippen molar-refractivity contribution in [3.63, 3.8) is 0 Å². The number of carbonyl (C=O) groups is 1. The van der Waals surface area contributed by atoms with E-state index in [-0.39, 0.29) is 20.3 Å². The van der Waals surface area contributed by atoms with Crippen LogP contribution < -0.4 is 38.9 Å². The molecule has 0 fully saturated rings. The fourth-order valence-electron chi connectivity index (χ4n) is 2.15. The van der Waals surface area contributed by atoms with E-state index < -0.39 is 8.15 Å². The number of hydrogen-bond donors (Lipinski definition) is 0. The number of hydrogen-bond acceptors (Lipinski definition) is 4. The molecule has 0 aliphatic heterocycles. The van der Waals surface area contributed by atoms with Crippen molar-refractivity contribution in [3.8, 4) is 11.5 Å². The van der Waals surface area contributed by atoms with Gasteiger partial charge in [0.15, 0.2) is 6.29 Å². The van der Waals surface area contributed by atoms with Crippen LogP contribution in [-0.2, 0) is 4.52 Å². The number of methoxy groups -OCH3 is 2. The third-order valence-corrected chi connectivity index (χ3v) is 5.14. The van der Waals surface area contributed by atoms with Gasteiger partial charge in [-0.15, -0.1) is 0 Å². The fraction of sp³-hybridized carbons (Fsp3) is 0.235. The Balaban J connectivity index is 0.00000264. The van der Waals surface area contributed by atoms with Crippen LogP contribution in [0.2, 0.25) is 0 Å². The smallest absolute Gasteiger partial charge is 1.00 e. The van der Waals surface area contributed by atoms with Crippen molar-refractivity contribution in [2.75, 3.05) is 20.8 Å². The van der Waals surface area contributed by atoms with Crippen molar-refractivity contribution in [1.82, 2.24) is 0 Å². The SMILES string of the molecule is CCOP(c1ccccc1)c1cc(OC)c(C=O)c(OC)c1.[H-].[Li+]. The van der Waals surface area contributed by atoms with Crippen LogP contribution in [0.25, 0.3) is 0 Å².